The normalized spacial score (nSPS) is 10.9. The van der Waals surface area contributed by atoms with Crippen LogP contribution in [-0.4, -0.2) is 4.98 Å². The van der Waals surface area contributed by atoms with Crippen LogP contribution in [0.1, 0.15) is 42.9 Å². The van der Waals surface area contributed by atoms with Gasteiger partial charge in [0.05, 0.1) is 0 Å². The summed E-state index contributed by atoms with van der Waals surface area (Å²) in [6.45, 7) is 2.22. The standard InChI is InChI=1S/C24H25F2N/c1-2-3-4-5-18-8-12-21(13-9-18)22-14-10-19(11-15-22)6-7-20-16-23(25)24(26)27-17-20/h8-17H,2-7H2,1H3. The minimum Gasteiger partial charge on any atom is -0.225 e. The molecular formula is C24H25F2N. The number of hydrogen-bond acceptors (Lipinski definition) is 1. The van der Waals surface area contributed by atoms with Crippen molar-refractivity contribution in [1.29, 1.82) is 0 Å². The summed E-state index contributed by atoms with van der Waals surface area (Å²) in [6, 6.07) is 18.4. The molecule has 1 nitrogen and oxygen atoms in total. The fourth-order valence-electron chi connectivity index (χ4n) is 3.19. The van der Waals surface area contributed by atoms with Gasteiger partial charge in [0.15, 0.2) is 5.82 Å². The largest absolute Gasteiger partial charge is 0.248 e. The highest BCUT2D eigenvalue weighted by atomic mass is 19.2. The molecule has 0 aliphatic rings. The summed E-state index contributed by atoms with van der Waals surface area (Å²) in [7, 11) is 0. The second-order valence-electron chi connectivity index (χ2n) is 6.97. The SMILES string of the molecule is CCCCCc1ccc(-c2ccc(CCc3cnc(F)c(F)c3)cc2)cc1. The molecule has 0 aliphatic heterocycles. The third kappa shape index (κ3) is 5.46. The molecule has 0 spiro atoms. The molecule has 0 fully saturated rings. The van der Waals surface area contributed by atoms with Crippen LogP contribution in [0.5, 0.6) is 0 Å². The maximum absolute atomic E-state index is 13.2. The number of aryl methyl sites for hydroxylation is 3. The minimum atomic E-state index is -1.04. The van der Waals surface area contributed by atoms with E-state index < -0.39 is 11.8 Å². The number of rotatable bonds is 8. The highest BCUT2D eigenvalue weighted by molar-refractivity contribution is 5.64. The quantitative estimate of drug-likeness (QED) is 0.326. The molecule has 3 heteroatoms. The summed E-state index contributed by atoms with van der Waals surface area (Å²) in [5.74, 6) is -1.93. The number of nitrogens with zero attached hydrogens (tertiary/aromatic N) is 1. The number of benzene rings is 2. The fraction of sp³-hybridized carbons (Fsp3) is 0.292. The van der Waals surface area contributed by atoms with Gasteiger partial charge >= 0.3 is 0 Å². The van der Waals surface area contributed by atoms with Gasteiger partial charge in [-0.05, 0) is 59.6 Å². The van der Waals surface area contributed by atoms with Crippen LogP contribution in [0.4, 0.5) is 8.78 Å². The maximum atomic E-state index is 13.2. The van der Waals surface area contributed by atoms with Gasteiger partial charge < -0.3 is 0 Å². The first-order valence-corrected chi connectivity index (χ1v) is 9.64. The van der Waals surface area contributed by atoms with Gasteiger partial charge in [-0.2, -0.15) is 4.39 Å². The Labute approximate surface area is 160 Å². The van der Waals surface area contributed by atoms with Crippen LogP contribution >= 0.6 is 0 Å². The monoisotopic (exact) mass is 365 g/mol. The van der Waals surface area contributed by atoms with Gasteiger partial charge in [-0.15, -0.1) is 0 Å². The maximum Gasteiger partial charge on any atom is 0.248 e. The Kier molecular flexibility index (Phi) is 6.69. The molecule has 0 bridgehead atoms. The summed E-state index contributed by atoms with van der Waals surface area (Å²) in [6.07, 6.45) is 7.72. The lowest BCUT2D eigenvalue weighted by atomic mass is 9.99. The van der Waals surface area contributed by atoms with Gasteiger partial charge in [-0.3, -0.25) is 0 Å². The van der Waals surface area contributed by atoms with Crippen LogP contribution in [0.25, 0.3) is 11.1 Å². The first-order valence-electron chi connectivity index (χ1n) is 9.64. The zero-order valence-electron chi connectivity index (χ0n) is 15.7. The Morgan fingerprint density at radius 3 is 1.81 bits per heavy atom. The summed E-state index contributed by atoms with van der Waals surface area (Å²) in [4.78, 5) is 3.43. The van der Waals surface area contributed by atoms with Crippen molar-refractivity contribution >= 4 is 0 Å². The Morgan fingerprint density at radius 2 is 1.26 bits per heavy atom. The molecular weight excluding hydrogens is 340 g/mol. The predicted octanol–water partition coefficient (Wildman–Crippen LogP) is 6.54. The number of pyridine rings is 1. The average molecular weight is 365 g/mol. The Balaban J connectivity index is 1.58. The lowest BCUT2D eigenvalue weighted by Crippen LogP contribution is -1.96. The zero-order chi connectivity index (χ0) is 19.1. The smallest absolute Gasteiger partial charge is 0.225 e. The second kappa shape index (κ2) is 9.40. The van der Waals surface area contributed by atoms with Crippen LogP contribution in [0.3, 0.4) is 0 Å². The molecule has 0 unspecified atom stereocenters. The van der Waals surface area contributed by atoms with Gasteiger partial charge in [-0.25, -0.2) is 9.37 Å². The van der Waals surface area contributed by atoms with Crippen LogP contribution in [0.15, 0.2) is 60.8 Å². The van der Waals surface area contributed by atoms with Gasteiger partial charge in [0, 0.05) is 6.20 Å². The first kappa shape index (κ1) is 19.2. The molecule has 27 heavy (non-hydrogen) atoms. The second-order valence-corrected chi connectivity index (χ2v) is 6.97. The van der Waals surface area contributed by atoms with Crippen molar-refractivity contribution in [2.24, 2.45) is 0 Å². The molecule has 0 saturated heterocycles. The molecule has 0 radical (unpaired) electrons. The average Bonchev–Trinajstić information content (AvgIpc) is 2.70. The van der Waals surface area contributed by atoms with E-state index in [-0.39, 0.29) is 0 Å². The molecule has 3 aromatic rings. The van der Waals surface area contributed by atoms with E-state index in [2.05, 4.69) is 60.4 Å². The van der Waals surface area contributed by atoms with E-state index in [0.717, 1.165) is 12.8 Å². The Bertz CT molecular complexity index is 855. The third-order valence-corrected chi connectivity index (χ3v) is 4.87. The molecule has 0 saturated carbocycles. The summed E-state index contributed by atoms with van der Waals surface area (Å²) < 4.78 is 26.1. The minimum absolute atomic E-state index is 0.635. The lowest BCUT2D eigenvalue weighted by Gasteiger charge is -2.07. The number of aromatic nitrogens is 1. The van der Waals surface area contributed by atoms with E-state index in [1.807, 2.05) is 0 Å². The molecule has 1 heterocycles. The van der Waals surface area contributed by atoms with Gasteiger partial charge in [0.25, 0.3) is 0 Å². The topological polar surface area (TPSA) is 12.9 Å². The lowest BCUT2D eigenvalue weighted by molar-refractivity contribution is 0.477. The van der Waals surface area contributed by atoms with Gasteiger partial charge in [0.1, 0.15) is 0 Å². The van der Waals surface area contributed by atoms with Crippen molar-refractivity contribution in [1.82, 2.24) is 4.98 Å². The van der Waals surface area contributed by atoms with Crippen molar-refractivity contribution in [3.8, 4) is 11.1 Å². The van der Waals surface area contributed by atoms with Crippen LogP contribution in [-0.2, 0) is 19.3 Å². The molecule has 1 aromatic heterocycles. The van der Waals surface area contributed by atoms with Crippen molar-refractivity contribution in [2.45, 2.75) is 45.4 Å². The molecule has 140 valence electrons. The highest BCUT2D eigenvalue weighted by Gasteiger charge is 2.05. The van der Waals surface area contributed by atoms with Crippen LogP contribution in [0, 0.1) is 11.8 Å². The Morgan fingerprint density at radius 1 is 0.704 bits per heavy atom. The highest BCUT2D eigenvalue weighted by Crippen LogP contribution is 2.22. The van der Waals surface area contributed by atoms with E-state index in [1.54, 1.807) is 0 Å². The number of halogens is 2. The Hall–Kier alpha value is -2.55. The first-order chi connectivity index (χ1) is 13.2. The third-order valence-electron chi connectivity index (χ3n) is 4.87. The zero-order valence-corrected chi connectivity index (χ0v) is 15.7. The molecule has 0 amide bonds. The van der Waals surface area contributed by atoms with Crippen molar-refractivity contribution in [2.75, 3.05) is 0 Å². The molecule has 0 aliphatic carbocycles. The van der Waals surface area contributed by atoms with Crippen LogP contribution in [0.2, 0.25) is 0 Å². The van der Waals surface area contributed by atoms with E-state index in [1.165, 1.54) is 53.8 Å². The summed E-state index contributed by atoms with van der Waals surface area (Å²) in [5, 5.41) is 0. The van der Waals surface area contributed by atoms with E-state index in [4.69, 9.17) is 0 Å². The molecule has 0 atom stereocenters. The summed E-state index contributed by atoms with van der Waals surface area (Å²) in [5.41, 5.74) is 5.67. The van der Waals surface area contributed by atoms with Crippen LogP contribution < -0.4 is 0 Å². The molecule has 3 rings (SSSR count). The number of hydrogen-bond donors (Lipinski definition) is 0. The van der Waals surface area contributed by atoms with Crippen molar-refractivity contribution in [3.63, 3.8) is 0 Å². The van der Waals surface area contributed by atoms with Crippen molar-refractivity contribution < 1.29 is 8.78 Å². The fourth-order valence-corrected chi connectivity index (χ4v) is 3.19. The van der Waals surface area contributed by atoms with Crippen molar-refractivity contribution in [3.05, 3.63) is 89.2 Å². The predicted molar refractivity (Wildman–Crippen MR) is 107 cm³/mol. The van der Waals surface area contributed by atoms with E-state index in [9.17, 15) is 8.78 Å². The number of unbranched alkanes of at least 4 members (excludes halogenated alkanes) is 2. The van der Waals surface area contributed by atoms with Gasteiger partial charge in [0.2, 0.25) is 5.95 Å². The van der Waals surface area contributed by atoms with E-state index >= 15 is 0 Å². The molecule has 0 N–H and O–H groups in total. The summed E-state index contributed by atoms with van der Waals surface area (Å²) >= 11 is 0. The van der Waals surface area contributed by atoms with Gasteiger partial charge in [-0.1, -0.05) is 68.3 Å². The van der Waals surface area contributed by atoms with E-state index in [0.29, 0.717) is 12.0 Å². The molecule has 2 aromatic carbocycles.